The summed E-state index contributed by atoms with van der Waals surface area (Å²) in [6.45, 7) is 6.90. The van der Waals surface area contributed by atoms with Crippen LogP contribution < -0.4 is 0 Å². The lowest BCUT2D eigenvalue weighted by Crippen LogP contribution is -2.10. The fourth-order valence-electron chi connectivity index (χ4n) is 2.91. The molecule has 1 aliphatic rings. The Balaban J connectivity index is 2.70. The molecule has 1 rings (SSSR count). The van der Waals surface area contributed by atoms with Crippen molar-refractivity contribution in [2.45, 2.75) is 97.1 Å². The molecule has 0 spiro atoms. The summed E-state index contributed by atoms with van der Waals surface area (Å²) in [6.07, 6.45) is 16.3. The minimum absolute atomic E-state index is 0.946. The zero-order valence-electron chi connectivity index (χ0n) is 13.5. The highest BCUT2D eigenvalue weighted by molar-refractivity contribution is 6.48. The lowest BCUT2D eigenvalue weighted by atomic mass is 9.99. The van der Waals surface area contributed by atoms with E-state index in [-0.39, 0.29) is 0 Å². The normalized spacial score (nSPS) is 19.4. The zero-order valence-corrected chi connectivity index (χ0v) is 14.6. The molecule has 0 aliphatic heterocycles. The summed E-state index contributed by atoms with van der Waals surface area (Å²) in [5.41, 5.74) is 1.67. The lowest BCUT2D eigenvalue weighted by Gasteiger charge is -2.19. The van der Waals surface area contributed by atoms with Crippen molar-refractivity contribution < 1.29 is 4.43 Å². The molecule has 0 unspecified atom stereocenters. The van der Waals surface area contributed by atoms with Crippen molar-refractivity contribution in [3.8, 4) is 0 Å². The SMILES string of the molecule is CCCCC1=C(O[SiH](C)C)CCCCCCCCC1. The Kier molecular flexibility index (Phi) is 9.32. The number of hydrogen-bond donors (Lipinski definition) is 0. The summed E-state index contributed by atoms with van der Waals surface area (Å²) in [5, 5.41) is 0. The van der Waals surface area contributed by atoms with Crippen molar-refractivity contribution >= 4 is 9.04 Å². The van der Waals surface area contributed by atoms with Crippen LogP contribution in [-0.2, 0) is 4.43 Å². The molecule has 2 heteroatoms. The van der Waals surface area contributed by atoms with Crippen molar-refractivity contribution in [1.29, 1.82) is 0 Å². The van der Waals surface area contributed by atoms with Gasteiger partial charge in [0.1, 0.15) is 0 Å². The first-order valence-corrected chi connectivity index (χ1v) is 11.4. The predicted molar refractivity (Wildman–Crippen MR) is 88.1 cm³/mol. The third kappa shape index (κ3) is 7.81. The molecule has 0 N–H and O–H groups in total. The van der Waals surface area contributed by atoms with Gasteiger partial charge in [0.25, 0.3) is 0 Å². The van der Waals surface area contributed by atoms with Crippen molar-refractivity contribution in [2.24, 2.45) is 0 Å². The van der Waals surface area contributed by atoms with Crippen LogP contribution in [0.2, 0.25) is 13.1 Å². The van der Waals surface area contributed by atoms with Gasteiger partial charge in [-0.15, -0.1) is 0 Å². The Morgan fingerprint density at radius 2 is 1.47 bits per heavy atom. The van der Waals surface area contributed by atoms with Gasteiger partial charge in [-0.05, 0) is 50.8 Å². The highest BCUT2D eigenvalue weighted by Crippen LogP contribution is 2.26. The molecule has 0 aromatic rings. The minimum atomic E-state index is -0.946. The summed E-state index contributed by atoms with van der Waals surface area (Å²) < 4.78 is 6.29. The van der Waals surface area contributed by atoms with E-state index in [2.05, 4.69) is 20.0 Å². The predicted octanol–water partition coefficient (Wildman–Crippen LogP) is 5.96. The van der Waals surface area contributed by atoms with E-state index in [0.717, 1.165) is 0 Å². The maximum atomic E-state index is 6.29. The van der Waals surface area contributed by atoms with Crippen LogP contribution in [0.5, 0.6) is 0 Å². The number of unbranched alkanes of at least 4 members (excludes halogenated alkanes) is 1. The van der Waals surface area contributed by atoms with E-state index in [4.69, 9.17) is 4.43 Å². The van der Waals surface area contributed by atoms with E-state index in [1.54, 1.807) is 5.57 Å². The summed E-state index contributed by atoms with van der Waals surface area (Å²) in [7, 11) is -0.946. The van der Waals surface area contributed by atoms with Crippen LogP contribution in [0, 0.1) is 0 Å². The largest absolute Gasteiger partial charge is 0.550 e. The molecule has 0 aromatic carbocycles. The van der Waals surface area contributed by atoms with Crippen molar-refractivity contribution in [3.63, 3.8) is 0 Å². The van der Waals surface area contributed by atoms with E-state index in [1.807, 2.05) is 0 Å². The van der Waals surface area contributed by atoms with Gasteiger partial charge in [-0.25, -0.2) is 0 Å². The van der Waals surface area contributed by atoms with Crippen LogP contribution in [-0.4, -0.2) is 9.04 Å². The quantitative estimate of drug-likeness (QED) is 0.566. The summed E-state index contributed by atoms with van der Waals surface area (Å²) in [6, 6.07) is 0. The average molecular weight is 283 g/mol. The highest BCUT2D eigenvalue weighted by atomic mass is 28.3. The molecule has 0 fully saturated rings. The van der Waals surface area contributed by atoms with E-state index in [9.17, 15) is 0 Å². The molecule has 0 amide bonds. The Morgan fingerprint density at radius 1 is 0.895 bits per heavy atom. The van der Waals surface area contributed by atoms with Crippen molar-refractivity contribution in [3.05, 3.63) is 11.3 Å². The molecule has 0 saturated heterocycles. The molecule has 0 bridgehead atoms. The minimum Gasteiger partial charge on any atom is -0.550 e. The van der Waals surface area contributed by atoms with Gasteiger partial charge in [0.2, 0.25) is 9.04 Å². The molecule has 0 aromatic heterocycles. The van der Waals surface area contributed by atoms with Crippen LogP contribution in [0.3, 0.4) is 0 Å². The molecule has 0 saturated carbocycles. The molecule has 0 heterocycles. The van der Waals surface area contributed by atoms with Crippen LogP contribution in [0.4, 0.5) is 0 Å². The van der Waals surface area contributed by atoms with Crippen LogP contribution in [0.1, 0.15) is 84.0 Å². The van der Waals surface area contributed by atoms with Gasteiger partial charge in [-0.2, -0.15) is 0 Å². The van der Waals surface area contributed by atoms with Gasteiger partial charge in [0, 0.05) is 6.42 Å². The zero-order chi connectivity index (χ0) is 13.9. The van der Waals surface area contributed by atoms with E-state index >= 15 is 0 Å². The molecule has 112 valence electrons. The molecular weight excluding hydrogens is 248 g/mol. The fourth-order valence-corrected chi connectivity index (χ4v) is 3.76. The number of allylic oxidation sites excluding steroid dienone is 2. The summed E-state index contributed by atoms with van der Waals surface area (Å²) in [5.74, 6) is 1.41. The fraction of sp³-hybridized carbons (Fsp3) is 0.882. The van der Waals surface area contributed by atoms with Gasteiger partial charge in [-0.1, -0.05) is 45.4 Å². The van der Waals surface area contributed by atoms with E-state index in [1.165, 1.54) is 82.8 Å². The Bertz CT molecular complexity index is 258. The third-order valence-corrected chi connectivity index (χ3v) is 4.74. The first-order valence-electron chi connectivity index (χ1n) is 8.61. The lowest BCUT2D eigenvalue weighted by molar-refractivity contribution is 0.394. The monoisotopic (exact) mass is 282 g/mol. The van der Waals surface area contributed by atoms with Gasteiger partial charge in [-0.3, -0.25) is 0 Å². The first kappa shape index (κ1) is 16.8. The second kappa shape index (κ2) is 10.5. The second-order valence-electron chi connectivity index (χ2n) is 6.27. The smallest absolute Gasteiger partial charge is 0.229 e. The summed E-state index contributed by atoms with van der Waals surface area (Å²) >= 11 is 0. The maximum Gasteiger partial charge on any atom is 0.229 e. The molecule has 0 atom stereocenters. The Morgan fingerprint density at radius 3 is 2.05 bits per heavy atom. The van der Waals surface area contributed by atoms with Crippen molar-refractivity contribution in [2.75, 3.05) is 0 Å². The maximum absolute atomic E-state index is 6.29. The van der Waals surface area contributed by atoms with Gasteiger partial charge >= 0.3 is 0 Å². The van der Waals surface area contributed by atoms with Gasteiger partial charge in [0.05, 0.1) is 5.76 Å². The van der Waals surface area contributed by atoms with Crippen molar-refractivity contribution in [1.82, 2.24) is 0 Å². The van der Waals surface area contributed by atoms with E-state index in [0.29, 0.717) is 0 Å². The molecular formula is C17H34OSi. The molecule has 1 aliphatic carbocycles. The van der Waals surface area contributed by atoms with E-state index < -0.39 is 9.04 Å². The summed E-state index contributed by atoms with van der Waals surface area (Å²) in [4.78, 5) is 0. The number of rotatable bonds is 5. The first-order chi connectivity index (χ1) is 9.24. The van der Waals surface area contributed by atoms with Crippen LogP contribution >= 0.6 is 0 Å². The topological polar surface area (TPSA) is 9.23 Å². The average Bonchev–Trinajstić information content (AvgIpc) is 2.42. The Labute approximate surface area is 122 Å². The second-order valence-corrected chi connectivity index (χ2v) is 8.60. The Hall–Kier alpha value is -0.243. The van der Waals surface area contributed by atoms with Gasteiger partial charge < -0.3 is 4.43 Å². The molecule has 1 nitrogen and oxygen atoms in total. The van der Waals surface area contributed by atoms with Crippen LogP contribution in [0.15, 0.2) is 11.3 Å². The van der Waals surface area contributed by atoms with Gasteiger partial charge in [0.15, 0.2) is 0 Å². The molecule has 19 heavy (non-hydrogen) atoms. The third-order valence-electron chi connectivity index (χ3n) is 3.99. The van der Waals surface area contributed by atoms with Crippen LogP contribution in [0.25, 0.3) is 0 Å². The number of hydrogen-bond acceptors (Lipinski definition) is 1. The standard InChI is InChI=1S/C17H34OSi/c1-4-5-13-16-14-11-9-7-6-8-10-12-15-17(16)18-19(2)3/h19H,4-15H2,1-3H3. The molecule has 0 radical (unpaired) electrons. The highest BCUT2D eigenvalue weighted by Gasteiger charge is 2.11.